The van der Waals surface area contributed by atoms with Crippen molar-refractivity contribution in [1.29, 1.82) is 0 Å². The van der Waals surface area contributed by atoms with Crippen LogP contribution in [0.5, 0.6) is 0 Å². The van der Waals surface area contributed by atoms with Crippen molar-refractivity contribution < 1.29 is 90.4 Å². The molecule has 0 spiro atoms. The number of hydrogen-bond donors (Lipinski definition) is 7. The molecule has 524 valence electrons. The summed E-state index contributed by atoms with van der Waals surface area (Å²) >= 11 is 0. The monoisotopic (exact) mass is 1310 g/mol. The fourth-order valence-corrected chi connectivity index (χ4v) is 12.7. The molecule has 2 aliphatic rings. The minimum atomic E-state index is -5.39. The lowest BCUT2D eigenvalue weighted by molar-refractivity contribution is -0.301. The lowest BCUT2D eigenvalue weighted by Crippen LogP contribution is -2.67. The summed E-state index contributed by atoms with van der Waals surface area (Å²) in [6, 6.07) is -2.84. The summed E-state index contributed by atoms with van der Waals surface area (Å²) in [6.45, 7) is 7.91. The van der Waals surface area contributed by atoms with E-state index < -0.39 is 102 Å². The van der Waals surface area contributed by atoms with E-state index in [2.05, 4.69) is 50.5 Å². The van der Waals surface area contributed by atoms with Crippen LogP contribution in [-0.2, 0) is 65.7 Å². The molecule has 0 radical (unpaired) electrons. The molecule has 2 aliphatic heterocycles. The Morgan fingerprint density at radius 2 is 0.921 bits per heavy atom. The van der Waals surface area contributed by atoms with Crippen LogP contribution in [0.25, 0.3) is 0 Å². The van der Waals surface area contributed by atoms with Crippen LogP contribution < -0.4 is 10.6 Å². The van der Waals surface area contributed by atoms with Gasteiger partial charge in [-0.1, -0.05) is 220 Å². The van der Waals surface area contributed by atoms with Crippen LogP contribution in [0.15, 0.2) is 12.2 Å². The molecule has 2 heterocycles. The summed E-state index contributed by atoms with van der Waals surface area (Å²) in [5.41, 5.74) is 0. The van der Waals surface area contributed by atoms with E-state index in [1.165, 1.54) is 58.5 Å². The van der Waals surface area contributed by atoms with Gasteiger partial charge >= 0.3 is 15.6 Å². The molecule has 2 amide bonds. The molecule has 2 fully saturated rings. The molecule has 0 aromatic heterocycles. The van der Waals surface area contributed by atoms with Crippen LogP contribution in [0.2, 0.25) is 0 Å². The third-order valence-electron chi connectivity index (χ3n) is 16.8. The third-order valence-corrected chi connectivity index (χ3v) is 17.8. The van der Waals surface area contributed by atoms with Crippen LogP contribution in [0.4, 0.5) is 0 Å². The molecule has 1 unspecified atom stereocenters. The quantitative estimate of drug-likeness (QED) is 0.0129. The first-order chi connectivity index (χ1) is 42.9. The zero-order chi connectivity index (χ0) is 65.4. The van der Waals surface area contributed by atoms with Crippen molar-refractivity contribution in [1.82, 2.24) is 10.6 Å². The number of phosphoric ester groups is 2. The summed E-state index contributed by atoms with van der Waals surface area (Å²) in [6.07, 6.45) is 29.6. The van der Waals surface area contributed by atoms with Gasteiger partial charge in [0, 0.05) is 40.3 Å². The second-order valence-corrected chi connectivity index (χ2v) is 27.2. The van der Waals surface area contributed by atoms with E-state index in [-0.39, 0.29) is 44.5 Å². The van der Waals surface area contributed by atoms with Gasteiger partial charge < -0.3 is 68.5 Å². The predicted molar refractivity (Wildman–Crippen MR) is 347 cm³/mol. The molecule has 2 saturated heterocycles. The smallest absolute Gasteiger partial charge is 0.388 e. The highest BCUT2D eigenvalue weighted by Crippen LogP contribution is 2.44. The maximum atomic E-state index is 14.1. The predicted octanol–water partition coefficient (Wildman–Crippen LogP) is 13.6. The van der Waals surface area contributed by atoms with Crippen molar-refractivity contribution in [2.24, 2.45) is 0 Å². The molecular weight excluding hydrogens is 1190 g/mol. The van der Waals surface area contributed by atoms with E-state index in [0.717, 1.165) is 161 Å². The van der Waals surface area contributed by atoms with Crippen molar-refractivity contribution in [3.8, 4) is 0 Å². The minimum Gasteiger partial charge on any atom is -0.388 e. The Balaban J connectivity index is 2.45. The Kier molecular flexibility index (Phi) is 49.2. The fraction of sp³-hybridized carbons (Fsp3) is 0.924. The molecule has 0 saturated carbocycles. The molecule has 0 aromatic rings. The number of nitrogens with one attached hydrogen (secondary N) is 2. The molecular formula is C66H126N2O19P2. The largest absolute Gasteiger partial charge is 0.472 e. The number of methoxy groups -OCH3 is 2. The lowest BCUT2D eigenvalue weighted by atomic mass is 9.95. The second kappa shape index (κ2) is 52.5. The van der Waals surface area contributed by atoms with Crippen LogP contribution in [0, 0.1) is 0 Å². The normalized spacial score (nSPS) is 22.9. The number of carbonyl (C=O) groups excluding carboxylic acids is 3. The van der Waals surface area contributed by atoms with Gasteiger partial charge in [0.1, 0.15) is 54.5 Å². The summed E-state index contributed by atoms with van der Waals surface area (Å²) in [4.78, 5) is 82.2. The highest BCUT2D eigenvalue weighted by molar-refractivity contribution is 7.46. The molecule has 0 aromatic carbocycles. The fourth-order valence-electron chi connectivity index (χ4n) is 11.7. The van der Waals surface area contributed by atoms with Crippen molar-refractivity contribution in [2.45, 2.75) is 352 Å². The number of allylic oxidation sites excluding steroid dienone is 2. The van der Waals surface area contributed by atoms with E-state index in [9.17, 15) is 48.2 Å². The molecule has 23 heteroatoms. The third kappa shape index (κ3) is 41.0. The highest BCUT2D eigenvalue weighted by atomic mass is 31.2. The number of rotatable bonds is 59. The number of hydrogen-bond acceptors (Lipinski definition) is 15. The molecule has 89 heavy (non-hydrogen) atoms. The average molecular weight is 1310 g/mol. The Morgan fingerprint density at radius 3 is 1.45 bits per heavy atom. The Morgan fingerprint density at radius 1 is 0.472 bits per heavy atom. The van der Waals surface area contributed by atoms with Gasteiger partial charge in [0.25, 0.3) is 0 Å². The number of unbranched alkanes of at least 4 members (excludes halogenated alkanes) is 30. The lowest BCUT2D eigenvalue weighted by Gasteiger charge is -2.47. The first kappa shape index (κ1) is 83.3. The van der Waals surface area contributed by atoms with Crippen LogP contribution in [-0.4, -0.2) is 150 Å². The maximum absolute atomic E-state index is 14.1. The van der Waals surface area contributed by atoms with Gasteiger partial charge in [-0.3, -0.25) is 23.4 Å². The van der Waals surface area contributed by atoms with Crippen LogP contribution in [0.3, 0.4) is 0 Å². The molecule has 7 N–H and O–H groups in total. The molecule has 0 bridgehead atoms. The minimum absolute atomic E-state index is 0.00889. The Bertz CT molecular complexity index is 1900. The van der Waals surface area contributed by atoms with Crippen LogP contribution in [0.1, 0.15) is 285 Å². The summed E-state index contributed by atoms with van der Waals surface area (Å²) in [7, 11) is -7.69. The number of phosphoric acid groups is 2. The number of aliphatic hydroxyl groups excluding tert-OH is 1. The average Bonchev–Trinajstić information content (AvgIpc) is 0.966. The molecule has 2 rings (SSSR count). The Hall–Kier alpha value is -1.75. The standard InChI is InChI=1S/C66H126N2O19P2/c1-7-11-15-19-22-25-26-27-28-29-30-32-34-38-42-46-57(70)67-60-64(82-49-47-54(80-6)45-41-36-18-14-10-4)62(86-88(73,74)75)56(51-79-5)85-65(60)83-52-55-61(72)63(81-48-43-39-35-24-21-17-13-9-3)59(66(84-55)87-89(76,77)78)68-58(71)50-53(69)44-40-37-33-31-23-20-16-12-8-2/h25-26,54-56,59-66,72H,7-24,27-52H2,1-6H3,(H,67,70)(H,68,71)(H2,73,74,75)(H2,76,77,78)/b26-25-/t54-,55-,56-,59-,60-,61-,62-,63-,64-,65-,66?/m1/s1. The first-order valence-electron chi connectivity index (χ1n) is 35.0. The number of ether oxygens (including phenoxy) is 7. The molecule has 0 aliphatic carbocycles. The molecule has 11 atom stereocenters. The number of carbonyl (C=O) groups is 3. The topological polar surface area (TPSA) is 294 Å². The second-order valence-electron chi connectivity index (χ2n) is 24.8. The van der Waals surface area contributed by atoms with Crippen molar-refractivity contribution in [3.63, 3.8) is 0 Å². The molecule has 21 nitrogen and oxygen atoms in total. The number of ketones is 1. The van der Waals surface area contributed by atoms with E-state index >= 15 is 0 Å². The van der Waals surface area contributed by atoms with E-state index in [1.54, 1.807) is 7.11 Å². The highest BCUT2D eigenvalue weighted by Gasteiger charge is 2.53. The number of aliphatic hydroxyl groups is 1. The van der Waals surface area contributed by atoms with E-state index in [1.807, 2.05) is 0 Å². The van der Waals surface area contributed by atoms with Gasteiger partial charge in [-0.05, 0) is 57.8 Å². The zero-order valence-corrected chi connectivity index (χ0v) is 57.8. The zero-order valence-electron chi connectivity index (χ0n) is 56.0. The summed E-state index contributed by atoms with van der Waals surface area (Å²) in [5, 5.41) is 17.9. The number of Topliss-reactive ketones (excluding diaryl/α,β-unsaturated/α-hetero) is 1. The van der Waals surface area contributed by atoms with Gasteiger partial charge in [0.15, 0.2) is 12.6 Å². The van der Waals surface area contributed by atoms with Gasteiger partial charge in [-0.25, -0.2) is 9.13 Å². The van der Waals surface area contributed by atoms with Crippen molar-refractivity contribution in [3.05, 3.63) is 12.2 Å². The van der Waals surface area contributed by atoms with Crippen LogP contribution >= 0.6 is 15.6 Å². The van der Waals surface area contributed by atoms with Gasteiger partial charge in [0.2, 0.25) is 11.8 Å². The number of amides is 2. The van der Waals surface area contributed by atoms with E-state index in [4.69, 9.17) is 42.2 Å². The van der Waals surface area contributed by atoms with Gasteiger partial charge in [-0.15, -0.1) is 0 Å². The maximum Gasteiger partial charge on any atom is 0.472 e. The first-order valence-corrected chi connectivity index (χ1v) is 38.1. The SMILES string of the molecule is CCCCCC/C=C\CCCCCCCCCC(=O)N[C@H]1[C@H](OC[C@H]2OC(OP(=O)(O)O)[C@H](NC(=O)CC(=O)CCCCCCCCCCC)[C@@H](OCCCCCCCCCC)[C@@H]2O)O[C@H](COC)[C@@H](OP(=O)(O)O)[C@@H]1OCC[C@@H](CCCCCCC)OC. The van der Waals surface area contributed by atoms with E-state index in [0.29, 0.717) is 25.7 Å². The van der Waals surface area contributed by atoms with Crippen molar-refractivity contribution in [2.75, 3.05) is 40.6 Å². The summed E-state index contributed by atoms with van der Waals surface area (Å²) in [5.74, 6) is -1.52. The van der Waals surface area contributed by atoms with Crippen molar-refractivity contribution >= 4 is 33.2 Å². The van der Waals surface area contributed by atoms with Gasteiger partial charge in [0.05, 0.1) is 25.7 Å². The Labute approximate surface area is 536 Å². The summed E-state index contributed by atoms with van der Waals surface area (Å²) < 4.78 is 79.3. The van der Waals surface area contributed by atoms with Gasteiger partial charge in [-0.2, -0.15) is 0 Å².